The third kappa shape index (κ3) is 2.69. The maximum Gasteiger partial charge on any atom is 0.259 e. The minimum absolute atomic E-state index is 0.150. The average molecular weight is 266 g/mol. The van der Waals surface area contributed by atoms with E-state index in [2.05, 4.69) is 4.98 Å². The molecule has 1 aromatic rings. The molecule has 0 aliphatic carbocycles. The first-order chi connectivity index (χ1) is 9.06. The second kappa shape index (κ2) is 5.54. The molecular formula is C13H18N2O4. The number of aromatic nitrogens is 1. The second-order valence-electron chi connectivity index (χ2n) is 4.65. The number of nitrogens with one attached hydrogen (secondary N) is 1. The van der Waals surface area contributed by atoms with Gasteiger partial charge in [0.15, 0.2) is 5.43 Å². The molecule has 0 radical (unpaired) electrons. The van der Waals surface area contributed by atoms with Crippen LogP contribution in [0.1, 0.15) is 16.1 Å². The summed E-state index contributed by atoms with van der Waals surface area (Å²) in [4.78, 5) is 28.6. The summed E-state index contributed by atoms with van der Waals surface area (Å²) in [6.45, 7) is 2.63. The highest BCUT2D eigenvalue weighted by atomic mass is 16.5. The Morgan fingerprint density at radius 1 is 1.32 bits per heavy atom. The van der Waals surface area contributed by atoms with Crippen molar-refractivity contribution in [2.24, 2.45) is 0 Å². The number of hydrogen-bond acceptors (Lipinski definition) is 4. The molecule has 6 heteroatoms. The third-order valence-corrected chi connectivity index (χ3v) is 3.40. The lowest BCUT2D eigenvalue weighted by Gasteiger charge is -2.15. The highest BCUT2D eigenvalue weighted by Crippen LogP contribution is 2.17. The fraction of sp³-hybridized carbons (Fsp3) is 0.538. The van der Waals surface area contributed by atoms with E-state index < -0.39 is 0 Å². The number of carbonyl (C=O) groups is 1. The largest absolute Gasteiger partial charge is 0.377 e. The van der Waals surface area contributed by atoms with Crippen LogP contribution >= 0.6 is 0 Å². The molecule has 1 aliphatic rings. The number of aryl methyl sites for hydroxylation is 1. The minimum atomic E-state index is -0.289. The Morgan fingerprint density at radius 2 is 1.89 bits per heavy atom. The van der Waals surface area contributed by atoms with E-state index in [4.69, 9.17) is 9.47 Å². The Morgan fingerprint density at radius 3 is 2.37 bits per heavy atom. The van der Waals surface area contributed by atoms with Crippen LogP contribution in [0.3, 0.4) is 0 Å². The van der Waals surface area contributed by atoms with Gasteiger partial charge in [0.05, 0.1) is 0 Å². The molecule has 1 N–H and O–H groups in total. The van der Waals surface area contributed by atoms with Crippen molar-refractivity contribution in [3.05, 3.63) is 33.7 Å². The number of aromatic amines is 1. The zero-order valence-corrected chi connectivity index (χ0v) is 11.3. The number of carbonyl (C=O) groups excluding carboxylic acids is 1. The van der Waals surface area contributed by atoms with Crippen LogP contribution in [0, 0.1) is 6.92 Å². The first kappa shape index (κ1) is 13.8. The van der Waals surface area contributed by atoms with Gasteiger partial charge in [0, 0.05) is 45.3 Å². The molecule has 104 valence electrons. The van der Waals surface area contributed by atoms with Crippen LogP contribution in [-0.4, -0.2) is 55.3 Å². The smallest absolute Gasteiger partial charge is 0.259 e. The molecule has 1 aliphatic heterocycles. The molecule has 0 aromatic carbocycles. The molecular weight excluding hydrogens is 248 g/mol. The summed E-state index contributed by atoms with van der Waals surface area (Å²) in [7, 11) is 3.17. The third-order valence-electron chi connectivity index (χ3n) is 3.40. The molecule has 19 heavy (non-hydrogen) atoms. The zero-order chi connectivity index (χ0) is 14.0. The number of nitrogens with zero attached hydrogens (tertiary/aromatic N) is 1. The van der Waals surface area contributed by atoms with Crippen LogP contribution in [-0.2, 0) is 9.47 Å². The number of amides is 1. The quantitative estimate of drug-likeness (QED) is 0.846. The molecule has 0 spiro atoms. The molecule has 2 unspecified atom stereocenters. The molecule has 0 bridgehead atoms. The van der Waals surface area contributed by atoms with E-state index >= 15 is 0 Å². The van der Waals surface area contributed by atoms with E-state index in [1.165, 1.54) is 12.3 Å². The number of rotatable bonds is 3. The molecule has 1 aromatic heterocycles. The van der Waals surface area contributed by atoms with Crippen molar-refractivity contribution in [1.82, 2.24) is 9.88 Å². The van der Waals surface area contributed by atoms with Gasteiger partial charge in [-0.25, -0.2) is 0 Å². The number of ether oxygens (including phenoxy) is 2. The van der Waals surface area contributed by atoms with Crippen molar-refractivity contribution < 1.29 is 14.3 Å². The summed E-state index contributed by atoms with van der Waals surface area (Å²) in [6.07, 6.45) is 1.15. The van der Waals surface area contributed by atoms with Gasteiger partial charge in [-0.3, -0.25) is 9.59 Å². The van der Waals surface area contributed by atoms with E-state index in [0.717, 1.165) is 5.69 Å². The van der Waals surface area contributed by atoms with E-state index in [1.54, 1.807) is 26.0 Å². The minimum Gasteiger partial charge on any atom is -0.377 e. The van der Waals surface area contributed by atoms with Crippen LogP contribution in [0.15, 0.2) is 17.1 Å². The number of likely N-dealkylation sites (tertiary alicyclic amines) is 1. The van der Waals surface area contributed by atoms with Crippen LogP contribution < -0.4 is 5.43 Å². The lowest BCUT2D eigenvalue weighted by atomic mass is 10.2. The van der Waals surface area contributed by atoms with Crippen LogP contribution in [0.25, 0.3) is 0 Å². The Labute approximate surface area is 111 Å². The molecule has 1 fully saturated rings. The first-order valence-electron chi connectivity index (χ1n) is 6.11. The van der Waals surface area contributed by atoms with Gasteiger partial charge in [-0.1, -0.05) is 0 Å². The molecule has 0 saturated carbocycles. The normalized spacial score (nSPS) is 22.8. The number of pyridine rings is 1. The van der Waals surface area contributed by atoms with Crippen LogP contribution in [0.4, 0.5) is 0 Å². The Kier molecular flexibility index (Phi) is 4.01. The van der Waals surface area contributed by atoms with Gasteiger partial charge in [-0.2, -0.15) is 0 Å². The van der Waals surface area contributed by atoms with Gasteiger partial charge < -0.3 is 19.4 Å². The van der Waals surface area contributed by atoms with Crippen molar-refractivity contribution in [3.63, 3.8) is 0 Å². The summed E-state index contributed by atoms with van der Waals surface area (Å²) < 4.78 is 10.6. The lowest BCUT2D eigenvalue weighted by molar-refractivity contribution is -0.00461. The summed E-state index contributed by atoms with van der Waals surface area (Å²) in [5, 5.41) is 0. The Bertz CT molecular complexity index is 514. The Balaban J connectivity index is 2.19. The van der Waals surface area contributed by atoms with Crippen LogP contribution in [0.2, 0.25) is 0 Å². The standard InChI is InChI=1S/C13H18N2O4/c1-8-4-10(16)9(5-14-8)13(17)15-6-11(18-2)12(7-15)19-3/h4-5,11-12H,6-7H2,1-3H3,(H,14,16). The monoisotopic (exact) mass is 266 g/mol. The van der Waals surface area contributed by atoms with Gasteiger partial charge in [0.1, 0.15) is 17.8 Å². The second-order valence-corrected chi connectivity index (χ2v) is 4.65. The Hall–Kier alpha value is -1.66. The van der Waals surface area contributed by atoms with Gasteiger partial charge in [0.2, 0.25) is 0 Å². The van der Waals surface area contributed by atoms with Gasteiger partial charge in [-0.05, 0) is 6.92 Å². The van der Waals surface area contributed by atoms with E-state index in [1.807, 2.05) is 0 Å². The van der Waals surface area contributed by atoms with Crippen molar-refractivity contribution in [2.45, 2.75) is 19.1 Å². The molecule has 2 atom stereocenters. The summed E-state index contributed by atoms with van der Waals surface area (Å²) in [6, 6.07) is 1.42. The van der Waals surface area contributed by atoms with E-state index in [-0.39, 0.29) is 29.1 Å². The lowest BCUT2D eigenvalue weighted by Crippen LogP contribution is -2.33. The van der Waals surface area contributed by atoms with Crippen molar-refractivity contribution in [2.75, 3.05) is 27.3 Å². The fourth-order valence-electron chi connectivity index (χ4n) is 2.27. The van der Waals surface area contributed by atoms with Crippen molar-refractivity contribution in [1.29, 1.82) is 0 Å². The summed E-state index contributed by atoms with van der Waals surface area (Å²) >= 11 is 0. The zero-order valence-electron chi connectivity index (χ0n) is 11.3. The van der Waals surface area contributed by atoms with Gasteiger partial charge >= 0.3 is 0 Å². The molecule has 2 heterocycles. The van der Waals surface area contributed by atoms with E-state index in [9.17, 15) is 9.59 Å². The summed E-state index contributed by atoms with van der Waals surface area (Å²) in [5.74, 6) is -0.289. The van der Waals surface area contributed by atoms with Crippen LogP contribution in [0.5, 0.6) is 0 Å². The molecule has 1 amide bonds. The van der Waals surface area contributed by atoms with Gasteiger partial charge in [-0.15, -0.1) is 0 Å². The predicted molar refractivity (Wildman–Crippen MR) is 69.3 cm³/mol. The molecule has 6 nitrogen and oxygen atoms in total. The number of H-pyrrole nitrogens is 1. The maximum atomic E-state index is 12.3. The molecule has 2 rings (SSSR count). The predicted octanol–water partition coefficient (Wildman–Crippen LogP) is 0.169. The van der Waals surface area contributed by atoms with E-state index in [0.29, 0.717) is 13.1 Å². The molecule has 1 saturated heterocycles. The topological polar surface area (TPSA) is 71.6 Å². The van der Waals surface area contributed by atoms with Crippen molar-refractivity contribution >= 4 is 5.91 Å². The fourth-order valence-corrected chi connectivity index (χ4v) is 2.27. The average Bonchev–Trinajstić information content (AvgIpc) is 2.81. The van der Waals surface area contributed by atoms with Gasteiger partial charge in [0.25, 0.3) is 5.91 Å². The number of methoxy groups -OCH3 is 2. The summed E-state index contributed by atoms with van der Waals surface area (Å²) in [5.41, 5.74) is 0.612. The number of hydrogen-bond donors (Lipinski definition) is 1. The highest BCUT2D eigenvalue weighted by molar-refractivity contribution is 5.94. The maximum absolute atomic E-state index is 12.3. The first-order valence-corrected chi connectivity index (χ1v) is 6.11. The highest BCUT2D eigenvalue weighted by Gasteiger charge is 2.36. The van der Waals surface area contributed by atoms with Crippen molar-refractivity contribution in [3.8, 4) is 0 Å². The SMILES string of the molecule is COC1CN(C(=O)c2c[nH]c(C)cc2=O)CC1OC.